The Kier molecular flexibility index (Phi) is 5.41. The number of aromatic nitrogens is 2. The third kappa shape index (κ3) is 3.55. The fraction of sp³-hybridized carbons (Fsp3) is 0. The second-order valence-corrected chi connectivity index (χ2v) is 9.11. The molecule has 2 aromatic carbocycles. The molecule has 0 bridgehead atoms. The van der Waals surface area contributed by atoms with E-state index in [1.54, 1.807) is 29.0 Å². The van der Waals surface area contributed by atoms with Gasteiger partial charge in [0.1, 0.15) is 5.69 Å². The smallest absolute Gasteiger partial charge is 0.255 e. The van der Waals surface area contributed by atoms with Crippen molar-refractivity contribution < 1.29 is 4.79 Å². The van der Waals surface area contributed by atoms with Crippen LogP contribution in [0.15, 0.2) is 111 Å². The Labute approximate surface area is 201 Å². The summed E-state index contributed by atoms with van der Waals surface area (Å²) in [4.78, 5) is 26.7. The molecule has 0 atom stereocenters. The summed E-state index contributed by atoms with van der Waals surface area (Å²) < 4.78 is 5.31. The van der Waals surface area contributed by atoms with E-state index in [-0.39, 0.29) is 11.3 Å². The van der Waals surface area contributed by atoms with Crippen molar-refractivity contribution in [1.29, 1.82) is 0 Å². The monoisotopic (exact) mass is 546 g/mol. The van der Waals surface area contributed by atoms with E-state index >= 15 is 0 Å². The van der Waals surface area contributed by atoms with Gasteiger partial charge in [-0.1, -0.05) is 56.1 Å². The highest BCUT2D eigenvalue weighted by Gasteiger charge is 2.26. The van der Waals surface area contributed by atoms with Gasteiger partial charge in [-0.3, -0.25) is 14.2 Å². The zero-order valence-corrected chi connectivity index (χ0v) is 19.9. The second kappa shape index (κ2) is 8.37. The second-order valence-electron chi connectivity index (χ2n) is 7.28. The zero-order chi connectivity index (χ0) is 22.2. The molecule has 3 aromatic heterocycles. The molecule has 156 valence electrons. The van der Waals surface area contributed by atoms with Gasteiger partial charge in [0.2, 0.25) is 5.78 Å². The number of hydrogen-bond acceptors (Lipinski definition) is 2. The number of pyridine rings is 2. The lowest BCUT2D eigenvalue weighted by Crippen LogP contribution is -2.16. The Bertz CT molecular complexity index is 1510. The van der Waals surface area contributed by atoms with Crippen molar-refractivity contribution >= 4 is 43.2 Å². The highest BCUT2D eigenvalue weighted by molar-refractivity contribution is 9.10. The molecule has 0 spiro atoms. The van der Waals surface area contributed by atoms with Crippen LogP contribution in [0.3, 0.4) is 0 Å². The van der Waals surface area contributed by atoms with Crippen molar-refractivity contribution in [2.75, 3.05) is 0 Å². The summed E-state index contributed by atoms with van der Waals surface area (Å²) in [6, 6.07) is 25.8. The van der Waals surface area contributed by atoms with Gasteiger partial charge in [0.15, 0.2) is 0 Å². The van der Waals surface area contributed by atoms with E-state index in [0.717, 1.165) is 20.0 Å². The van der Waals surface area contributed by atoms with Crippen LogP contribution in [0.2, 0.25) is 0 Å². The van der Waals surface area contributed by atoms with Crippen LogP contribution in [0.25, 0.3) is 22.3 Å². The van der Waals surface area contributed by atoms with Gasteiger partial charge in [-0.05, 0) is 60.2 Å². The molecule has 4 nitrogen and oxygen atoms in total. The van der Waals surface area contributed by atoms with Crippen molar-refractivity contribution in [3.63, 3.8) is 0 Å². The van der Waals surface area contributed by atoms with E-state index in [0.29, 0.717) is 22.5 Å². The number of fused-ring (bicyclic) bond motifs is 1. The maximum absolute atomic E-state index is 13.8. The average molecular weight is 548 g/mol. The minimum absolute atomic E-state index is 0.119. The highest BCUT2D eigenvalue weighted by atomic mass is 79.9. The lowest BCUT2D eigenvalue weighted by Gasteiger charge is -2.10. The number of hydrogen-bond donors (Lipinski definition) is 0. The summed E-state index contributed by atoms with van der Waals surface area (Å²) in [5.41, 5.74) is 3.94. The Morgan fingerprint density at radius 2 is 1.34 bits per heavy atom. The van der Waals surface area contributed by atoms with E-state index in [4.69, 9.17) is 0 Å². The molecule has 0 amide bonds. The van der Waals surface area contributed by atoms with Gasteiger partial charge in [-0.25, -0.2) is 0 Å². The number of halogens is 2. The minimum atomic E-state index is -0.162. The standard InChI is InChI=1S/C26H16Br2N2O2/c27-19-11-7-17(8-12-19)23-24(30-16-4-2-6-22(30)31)21-5-1-3-15-29(21)25(23)26(32)18-9-13-20(28)14-10-18/h1-16H. The van der Waals surface area contributed by atoms with Crippen LogP contribution in [0.1, 0.15) is 16.1 Å². The molecular weight excluding hydrogens is 532 g/mol. The van der Waals surface area contributed by atoms with Gasteiger partial charge in [-0.15, -0.1) is 0 Å². The lowest BCUT2D eigenvalue weighted by atomic mass is 9.99. The third-order valence-corrected chi connectivity index (χ3v) is 6.39. The molecule has 0 aliphatic rings. The van der Waals surface area contributed by atoms with Gasteiger partial charge < -0.3 is 4.40 Å². The molecule has 0 aliphatic heterocycles. The number of benzene rings is 2. The van der Waals surface area contributed by atoms with Crippen molar-refractivity contribution in [2.24, 2.45) is 0 Å². The van der Waals surface area contributed by atoms with Crippen LogP contribution in [0.5, 0.6) is 0 Å². The summed E-state index contributed by atoms with van der Waals surface area (Å²) in [7, 11) is 0. The van der Waals surface area contributed by atoms with Crippen LogP contribution in [-0.2, 0) is 0 Å². The fourth-order valence-electron chi connectivity index (χ4n) is 3.90. The molecule has 0 aliphatic carbocycles. The topological polar surface area (TPSA) is 43.5 Å². The summed E-state index contributed by atoms with van der Waals surface area (Å²) >= 11 is 6.92. The van der Waals surface area contributed by atoms with E-state index in [2.05, 4.69) is 31.9 Å². The molecule has 5 aromatic rings. The number of carbonyl (C=O) groups excluding carboxylic acids is 1. The van der Waals surface area contributed by atoms with Crippen molar-refractivity contribution in [1.82, 2.24) is 8.97 Å². The molecule has 0 radical (unpaired) electrons. The van der Waals surface area contributed by atoms with Gasteiger partial charge in [-0.2, -0.15) is 0 Å². The van der Waals surface area contributed by atoms with Gasteiger partial charge in [0.25, 0.3) is 5.56 Å². The molecule has 0 N–H and O–H groups in total. The zero-order valence-electron chi connectivity index (χ0n) is 16.7. The Hall–Kier alpha value is -3.22. The predicted molar refractivity (Wildman–Crippen MR) is 134 cm³/mol. The first-order valence-electron chi connectivity index (χ1n) is 9.92. The van der Waals surface area contributed by atoms with E-state index in [1.807, 2.05) is 71.3 Å². The minimum Gasteiger partial charge on any atom is -0.311 e. The van der Waals surface area contributed by atoms with Crippen molar-refractivity contribution in [3.8, 4) is 16.8 Å². The largest absolute Gasteiger partial charge is 0.311 e. The Morgan fingerprint density at radius 1 is 0.719 bits per heavy atom. The van der Waals surface area contributed by atoms with Crippen LogP contribution < -0.4 is 5.56 Å². The number of ketones is 1. The molecule has 0 unspecified atom stereocenters. The molecular formula is C26H16Br2N2O2. The fourth-order valence-corrected chi connectivity index (χ4v) is 4.43. The van der Waals surface area contributed by atoms with Crippen LogP contribution in [0, 0.1) is 0 Å². The molecule has 6 heteroatoms. The van der Waals surface area contributed by atoms with Crippen LogP contribution >= 0.6 is 31.9 Å². The number of carbonyl (C=O) groups is 1. The molecule has 3 heterocycles. The average Bonchev–Trinajstić information content (AvgIpc) is 3.15. The normalized spacial score (nSPS) is 11.1. The summed E-state index contributed by atoms with van der Waals surface area (Å²) in [5.74, 6) is -0.119. The molecule has 0 saturated heterocycles. The quantitative estimate of drug-likeness (QED) is 0.241. The summed E-state index contributed by atoms with van der Waals surface area (Å²) in [5, 5.41) is 0. The predicted octanol–water partition coefficient (Wildman–Crippen LogP) is 6.51. The lowest BCUT2D eigenvalue weighted by molar-refractivity contribution is 0.103. The Balaban J connectivity index is 1.91. The molecule has 5 rings (SSSR count). The van der Waals surface area contributed by atoms with Crippen molar-refractivity contribution in [2.45, 2.75) is 0 Å². The van der Waals surface area contributed by atoms with Gasteiger partial charge >= 0.3 is 0 Å². The summed E-state index contributed by atoms with van der Waals surface area (Å²) in [6.07, 6.45) is 3.60. The maximum Gasteiger partial charge on any atom is 0.255 e. The molecule has 0 saturated carbocycles. The van der Waals surface area contributed by atoms with Crippen molar-refractivity contribution in [3.05, 3.63) is 128 Å². The summed E-state index contributed by atoms with van der Waals surface area (Å²) in [6.45, 7) is 0. The highest BCUT2D eigenvalue weighted by Crippen LogP contribution is 2.37. The first-order chi connectivity index (χ1) is 15.5. The van der Waals surface area contributed by atoms with E-state index in [9.17, 15) is 9.59 Å². The molecule has 32 heavy (non-hydrogen) atoms. The number of nitrogens with zero attached hydrogens (tertiary/aromatic N) is 2. The van der Waals surface area contributed by atoms with Crippen LogP contribution in [-0.4, -0.2) is 14.8 Å². The van der Waals surface area contributed by atoms with Crippen LogP contribution in [0.4, 0.5) is 0 Å². The maximum atomic E-state index is 13.8. The SMILES string of the molecule is O=C(c1ccc(Br)cc1)c1c(-c2ccc(Br)cc2)c(-n2ccccc2=O)c2ccccn12. The van der Waals surface area contributed by atoms with E-state index in [1.165, 1.54) is 6.07 Å². The Morgan fingerprint density at radius 3 is 2.03 bits per heavy atom. The first-order valence-corrected chi connectivity index (χ1v) is 11.5. The van der Waals surface area contributed by atoms with E-state index < -0.39 is 0 Å². The number of rotatable bonds is 4. The van der Waals surface area contributed by atoms with Gasteiger partial charge in [0.05, 0.1) is 11.2 Å². The third-order valence-electron chi connectivity index (χ3n) is 5.33. The molecule has 0 fully saturated rings. The first kappa shape index (κ1) is 20.7. The van der Waals surface area contributed by atoms with Gasteiger partial charge in [0, 0.05) is 38.5 Å².